The van der Waals surface area contributed by atoms with Crippen LogP contribution in [0.1, 0.15) is 33.6 Å². The van der Waals surface area contributed by atoms with Gasteiger partial charge in [0.15, 0.2) is 6.61 Å². The number of hydrogen-bond acceptors (Lipinski definition) is 7. The third-order valence-electron chi connectivity index (χ3n) is 5.80. The molecule has 9 nitrogen and oxygen atoms in total. The van der Waals surface area contributed by atoms with Crippen LogP contribution in [0.5, 0.6) is 5.75 Å². The number of aliphatic carboxylic acids is 1. The van der Waals surface area contributed by atoms with Gasteiger partial charge in [0.25, 0.3) is 0 Å². The molecule has 0 saturated heterocycles. The molecule has 0 aliphatic heterocycles. The van der Waals surface area contributed by atoms with Crippen LogP contribution in [-0.2, 0) is 9.59 Å². The second kappa shape index (κ2) is 13.9. The quantitative estimate of drug-likeness (QED) is 0.242. The van der Waals surface area contributed by atoms with Crippen molar-refractivity contribution in [3.05, 3.63) is 77.2 Å². The maximum atomic E-state index is 13.3. The van der Waals surface area contributed by atoms with Crippen molar-refractivity contribution >= 4 is 23.3 Å². The van der Waals surface area contributed by atoms with Gasteiger partial charge in [0, 0.05) is 41.7 Å². The monoisotopic (exact) mass is 521 g/mol. The van der Waals surface area contributed by atoms with Crippen molar-refractivity contribution in [2.45, 2.75) is 45.7 Å². The number of nitrogens with one attached hydrogen (secondary N) is 3. The van der Waals surface area contributed by atoms with E-state index in [1.807, 2.05) is 51.1 Å². The summed E-state index contributed by atoms with van der Waals surface area (Å²) >= 11 is 0. The van der Waals surface area contributed by atoms with E-state index in [2.05, 4.69) is 16.0 Å². The highest BCUT2D eigenvalue weighted by molar-refractivity contribution is 5.85. The standard InChI is InChI=1S/C29H35N3O6/c1-4-21(17-30-22-10-12-24(13-11-22)37-18-27(33)34)32-29(36)25(14-19(2)3)31-23-15-26(38-28(35)16-23)20-8-6-5-7-9-20/h5-13,15-16,19,21,25,30-31H,4,14,17-18H2,1-3H3,(H,32,36)(H,33,34)/t21-,25-/m0/s1. The average Bonchev–Trinajstić information content (AvgIpc) is 2.89. The first-order valence-electron chi connectivity index (χ1n) is 12.7. The topological polar surface area (TPSA) is 130 Å². The Kier molecular flexibility index (Phi) is 10.3. The number of rotatable bonds is 14. The number of carbonyl (C=O) groups is 2. The molecule has 0 bridgehead atoms. The zero-order valence-corrected chi connectivity index (χ0v) is 21.9. The molecule has 0 spiro atoms. The first-order chi connectivity index (χ1) is 18.2. The van der Waals surface area contributed by atoms with E-state index in [1.54, 1.807) is 30.3 Å². The SMILES string of the molecule is CC[C@@H](CNc1ccc(OCC(=O)O)cc1)NC(=O)[C@H](CC(C)C)Nc1cc(-c2ccccc2)oc(=O)c1. The summed E-state index contributed by atoms with van der Waals surface area (Å²) in [6, 6.07) is 18.7. The molecule has 0 fully saturated rings. The van der Waals surface area contributed by atoms with Gasteiger partial charge in [-0.05, 0) is 43.0 Å². The van der Waals surface area contributed by atoms with Crippen molar-refractivity contribution in [1.82, 2.24) is 5.32 Å². The summed E-state index contributed by atoms with van der Waals surface area (Å²) in [4.78, 5) is 36.2. The summed E-state index contributed by atoms with van der Waals surface area (Å²) in [6.07, 6.45) is 1.29. The minimum absolute atomic E-state index is 0.136. The number of amides is 1. The van der Waals surface area contributed by atoms with Crippen LogP contribution in [-0.4, -0.2) is 42.2 Å². The normalized spacial score (nSPS) is 12.4. The molecule has 2 aromatic carbocycles. The number of ether oxygens (including phenoxy) is 1. The van der Waals surface area contributed by atoms with Crippen molar-refractivity contribution in [3.63, 3.8) is 0 Å². The third-order valence-corrected chi connectivity index (χ3v) is 5.80. The molecule has 1 aromatic heterocycles. The molecule has 3 rings (SSSR count). The van der Waals surface area contributed by atoms with Crippen LogP contribution in [0.25, 0.3) is 11.3 Å². The fourth-order valence-electron chi connectivity index (χ4n) is 3.86. The summed E-state index contributed by atoms with van der Waals surface area (Å²) in [5.41, 5.74) is 1.63. The Hall–Kier alpha value is -4.27. The highest BCUT2D eigenvalue weighted by Crippen LogP contribution is 2.22. The smallest absolute Gasteiger partial charge is 0.341 e. The molecular weight excluding hydrogens is 486 g/mol. The van der Waals surface area contributed by atoms with E-state index in [-0.39, 0.29) is 17.9 Å². The van der Waals surface area contributed by atoms with E-state index in [1.165, 1.54) is 6.07 Å². The lowest BCUT2D eigenvalue weighted by Gasteiger charge is -2.25. The zero-order chi connectivity index (χ0) is 27.5. The molecule has 2 atom stereocenters. The predicted molar refractivity (Wildman–Crippen MR) is 148 cm³/mol. The molecule has 202 valence electrons. The van der Waals surface area contributed by atoms with Gasteiger partial charge in [-0.25, -0.2) is 9.59 Å². The Bertz CT molecular complexity index is 1240. The molecule has 0 saturated carbocycles. The summed E-state index contributed by atoms with van der Waals surface area (Å²) in [5.74, 6) is -0.0526. The van der Waals surface area contributed by atoms with Crippen LogP contribution in [0.15, 0.2) is 75.9 Å². The van der Waals surface area contributed by atoms with Gasteiger partial charge in [-0.15, -0.1) is 0 Å². The lowest BCUT2D eigenvalue weighted by molar-refractivity contribution is -0.139. The van der Waals surface area contributed by atoms with E-state index >= 15 is 0 Å². The minimum atomic E-state index is -1.04. The lowest BCUT2D eigenvalue weighted by Crippen LogP contribution is -2.47. The number of carbonyl (C=O) groups excluding carboxylic acids is 1. The predicted octanol–water partition coefficient (Wildman–Crippen LogP) is 4.60. The van der Waals surface area contributed by atoms with Gasteiger partial charge < -0.3 is 30.2 Å². The fraction of sp³-hybridized carbons (Fsp3) is 0.345. The van der Waals surface area contributed by atoms with E-state index in [9.17, 15) is 14.4 Å². The zero-order valence-electron chi connectivity index (χ0n) is 21.9. The Balaban J connectivity index is 1.64. The lowest BCUT2D eigenvalue weighted by atomic mass is 10.0. The highest BCUT2D eigenvalue weighted by Gasteiger charge is 2.23. The van der Waals surface area contributed by atoms with Gasteiger partial charge in [-0.1, -0.05) is 51.1 Å². The summed E-state index contributed by atoms with van der Waals surface area (Å²) in [7, 11) is 0. The van der Waals surface area contributed by atoms with Crippen molar-refractivity contribution in [2.24, 2.45) is 5.92 Å². The molecule has 38 heavy (non-hydrogen) atoms. The van der Waals surface area contributed by atoms with Crippen LogP contribution in [0.3, 0.4) is 0 Å². The summed E-state index contributed by atoms with van der Waals surface area (Å²) < 4.78 is 10.5. The van der Waals surface area contributed by atoms with Crippen molar-refractivity contribution in [1.29, 1.82) is 0 Å². The van der Waals surface area contributed by atoms with Gasteiger partial charge >= 0.3 is 11.6 Å². The van der Waals surface area contributed by atoms with Crippen LogP contribution >= 0.6 is 0 Å². The second-order valence-electron chi connectivity index (χ2n) is 9.42. The molecule has 0 aliphatic rings. The average molecular weight is 522 g/mol. The van der Waals surface area contributed by atoms with E-state index in [0.717, 1.165) is 11.3 Å². The van der Waals surface area contributed by atoms with Crippen LogP contribution in [0.2, 0.25) is 0 Å². The minimum Gasteiger partial charge on any atom is -0.482 e. The van der Waals surface area contributed by atoms with Gasteiger partial charge in [0.1, 0.15) is 17.6 Å². The fourth-order valence-corrected chi connectivity index (χ4v) is 3.86. The molecule has 0 unspecified atom stereocenters. The Morgan fingerprint density at radius 3 is 2.34 bits per heavy atom. The second-order valence-corrected chi connectivity index (χ2v) is 9.42. The Labute approximate surface area is 222 Å². The van der Waals surface area contributed by atoms with Crippen LogP contribution < -0.4 is 26.3 Å². The summed E-state index contributed by atoms with van der Waals surface area (Å²) in [5, 5.41) is 18.4. The van der Waals surface area contributed by atoms with Gasteiger partial charge in [0.2, 0.25) is 5.91 Å². The molecule has 9 heteroatoms. The van der Waals surface area contributed by atoms with Gasteiger partial charge in [0.05, 0.1) is 0 Å². The van der Waals surface area contributed by atoms with Crippen LogP contribution in [0.4, 0.5) is 11.4 Å². The molecule has 0 aliphatic carbocycles. The highest BCUT2D eigenvalue weighted by atomic mass is 16.5. The molecule has 3 aromatic rings. The summed E-state index contributed by atoms with van der Waals surface area (Å²) in [6.45, 7) is 6.18. The molecular formula is C29H35N3O6. The molecule has 1 amide bonds. The van der Waals surface area contributed by atoms with Gasteiger partial charge in [-0.2, -0.15) is 0 Å². The number of hydrogen-bond donors (Lipinski definition) is 4. The van der Waals surface area contributed by atoms with E-state index < -0.39 is 24.2 Å². The Morgan fingerprint density at radius 1 is 1.00 bits per heavy atom. The van der Waals surface area contributed by atoms with Crippen molar-refractivity contribution < 1.29 is 23.8 Å². The largest absolute Gasteiger partial charge is 0.482 e. The first kappa shape index (κ1) is 28.3. The molecule has 1 heterocycles. The van der Waals surface area contributed by atoms with E-state index in [4.69, 9.17) is 14.3 Å². The van der Waals surface area contributed by atoms with Crippen molar-refractivity contribution in [3.8, 4) is 17.1 Å². The third kappa shape index (κ3) is 8.99. The first-order valence-corrected chi connectivity index (χ1v) is 12.7. The maximum Gasteiger partial charge on any atom is 0.341 e. The number of carboxylic acid groups (broad SMARTS) is 1. The van der Waals surface area contributed by atoms with Gasteiger partial charge in [-0.3, -0.25) is 4.79 Å². The number of carboxylic acids is 1. The maximum absolute atomic E-state index is 13.3. The number of anilines is 2. The van der Waals surface area contributed by atoms with E-state index in [0.29, 0.717) is 36.6 Å². The Morgan fingerprint density at radius 2 is 1.71 bits per heavy atom. The van der Waals surface area contributed by atoms with Crippen molar-refractivity contribution in [2.75, 3.05) is 23.8 Å². The van der Waals surface area contributed by atoms with Crippen LogP contribution in [0, 0.1) is 5.92 Å². The molecule has 4 N–H and O–H groups in total. The number of benzene rings is 2. The molecule has 0 radical (unpaired) electrons.